The van der Waals surface area contributed by atoms with Crippen molar-refractivity contribution in [3.63, 3.8) is 0 Å². The van der Waals surface area contributed by atoms with Crippen LogP contribution in [0.15, 0.2) is 78.4 Å². The third-order valence-electron chi connectivity index (χ3n) is 4.67. The second-order valence-electron chi connectivity index (χ2n) is 6.97. The number of hydrogen-bond acceptors (Lipinski definition) is 5. The number of nitrogens with one attached hydrogen (secondary N) is 1. The number of imide groups is 2. The molecule has 32 heavy (non-hydrogen) atoms. The van der Waals surface area contributed by atoms with E-state index in [1.165, 1.54) is 30.3 Å². The summed E-state index contributed by atoms with van der Waals surface area (Å²) in [5.74, 6) is -1.04. The lowest BCUT2D eigenvalue weighted by molar-refractivity contribution is -0.122. The fourth-order valence-corrected chi connectivity index (χ4v) is 3.36. The quantitative estimate of drug-likeness (QED) is 0.448. The van der Waals surface area contributed by atoms with Crippen LogP contribution in [0.5, 0.6) is 11.5 Å². The Bertz CT molecular complexity index is 1240. The number of rotatable bonds is 5. The summed E-state index contributed by atoms with van der Waals surface area (Å²) >= 11 is 5.99. The molecular formula is C24H17ClN2O5. The minimum absolute atomic E-state index is 0.0138. The SMILES string of the molecule is O=C1NC(=O)N(c2ccc(O)cc2)C(=O)/C1=C\c1cccc(OCc2cccc(Cl)c2)c1. The lowest BCUT2D eigenvalue weighted by atomic mass is 10.1. The lowest BCUT2D eigenvalue weighted by Crippen LogP contribution is -2.54. The number of anilines is 1. The first-order valence-corrected chi connectivity index (χ1v) is 9.96. The Morgan fingerprint density at radius 2 is 1.72 bits per heavy atom. The van der Waals surface area contributed by atoms with E-state index in [-0.39, 0.29) is 17.0 Å². The number of hydrogen-bond donors (Lipinski definition) is 2. The van der Waals surface area contributed by atoms with Crippen LogP contribution in [0, 0.1) is 0 Å². The van der Waals surface area contributed by atoms with Gasteiger partial charge in [-0.3, -0.25) is 14.9 Å². The number of carbonyl (C=O) groups excluding carboxylic acids is 3. The third kappa shape index (κ3) is 4.63. The van der Waals surface area contributed by atoms with Crippen LogP contribution in [0.3, 0.4) is 0 Å². The molecule has 7 nitrogen and oxygen atoms in total. The maximum atomic E-state index is 12.9. The zero-order valence-corrected chi connectivity index (χ0v) is 17.4. The Hall–Kier alpha value is -4.10. The minimum atomic E-state index is -0.860. The van der Waals surface area contributed by atoms with Gasteiger partial charge in [0.15, 0.2) is 0 Å². The van der Waals surface area contributed by atoms with Crippen LogP contribution in [-0.2, 0) is 16.2 Å². The Labute approximate surface area is 188 Å². The van der Waals surface area contributed by atoms with Crippen molar-refractivity contribution in [1.82, 2.24) is 5.32 Å². The van der Waals surface area contributed by atoms with Gasteiger partial charge in [0, 0.05) is 5.02 Å². The average molecular weight is 449 g/mol. The molecule has 8 heteroatoms. The number of halogens is 1. The van der Waals surface area contributed by atoms with Crippen LogP contribution in [0.25, 0.3) is 6.08 Å². The first-order valence-electron chi connectivity index (χ1n) is 9.58. The molecule has 0 bridgehead atoms. The molecule has 1 heterocycles. The fourth-order valence-electron chi connectivity index (χ4n) is 3.15. The van der Waals surface area contributed by atoms with Gasteiger partial charge in [0.1, 0.15) is 23.7 Å². The zero-order chi connectivity index (χ0) is 22.7. The first kappa shape index (κ1) is 21.1. The average Bonchev–Trinajstić information content (AvgIpc) is 2.77. The molecule has 0 saturated carbocycles. The van der Waals surface area contributed by atoms with Gasteiger partial charge in [-0.25, -0.2) is 9.69 Å². The van der Waals surface area contributed by atoms with Gasteiger partial charge in [-0.15, -0.1) is 0 Å². The number of phenols is 1. The Kier molecular flexibility index (Phi) is 5.91. The number of ether oxygens (including phenoxy) is 1. The van der Waals surface area contributed by atoms with E-state index >= 15 is 0 Å². The van der Waals surface area contributed by atoms with Gasteiger partial charge in [0.05, 0.1) is 5.69 Å². The summed E-state index contributed by atoms with van der Waals surface area (Å²) in [7, 11) is 0. The molecule has 160 valence electrons. The summed E-state index contributed by atoms with van der Waals surface area (Å²) in [6, 6.07) is 18.8. The van der Waals surface area contributed by atoms with Gasteiger partial charge in [-0.2, -0.15) is 0 Å². The smallest absolute Gasteiger partial charge is 0.335 e. The molecule has 3 aromatic carbocycles. The van der Waals surface area contributed by atoms with E-state index in [1.54, 1.807) is 36.4 Å². The van der Waals surface area contributed by atoms with Crippen LogP contribution in [-0.4, -0.2) is 23.0 Å². The van der Waals surface area contributed by atoms with Crippen LogP contribution >= 0.6 is 11.6 Å². The van der Waals surface area contributed by atoms with Gasteiger partial charge in [-0.05, 0) is 65.7 Å². The van der Waals surface area contributed by atoms with Crippen LogP contribution in [0.2, 0.25) is 5.02 Å². The Balaban J connectivity index is 1.57. The molecule has 2 N–H and O–H groups in total. The number of phenolic OH excluding ortho intramolecular Hbond substituents is 1. The van der Waals surface area contributed by atoms with E-state index in [2.05, 4.69) is 5.32 Å². The van der Waals surface area contributed by atoms with Gasteiger partial charge in [0.2, 0.25) is 0 Å². The highest BCUT2D eigenvalue weighted by Crippen LogP contribution is 2.25. The van der Waals surface area contributed by atoms with E-state index < -0.39 is 17.8 Å². The number of carbonyl (C=O) groups is 3. The van der Waals surface area contributed by atoms with E-state index in [9.17, 15) is 19.5 Å². The largest absolute Gasteiger partial charge is 0.508 e. The third-order valence-corrected chi connectivity index (χ3v) is 4.91. The maximum Gasteiger partial charge on any atom is 0.335 e. The summed E-state index contributed by atoms with van der Waals surface area (Å²) in [5, 5.41) is 12.2. The van der Waals surface area contributed by atoms with E-state index in [0.717, 1.165) is 10.5 Å². The number of aromatic hydroxyl groups is 1. The maximum absolute atomic E-state index is 12.9. The number of barbiturate groups is 1. The van der Waals surface area contributed by atoms with Crippen molar-refractivity contribution in [2.45, 2.75) is 6.61 Å². The monoisotopic (exact) mass is 448 g/mol. The highest BCUT2D eigenvalue weighted by atomic mass is 35.5. The standard InChI is InChI=1S/C24H17ClN2O5/c25-17-5-1-4-16(11-17)14-32-20-6-2-3-15(12-20)13-21-22(29)26-24(31)27(23(21)30)18-7-9-19(28)10-8-18/h1-13,28H,14H2,(H,26,29,31)/b21-13-. The molecule has 3 aromatic rings. The molecule has 4 amide bonds. The summed E-state index contributed by atoms with van der Waals surface area (Å²) in [4.78, 5) is 38.4. The summed E-state index contributed by atoms with van der Waals surface area (Å²) in [6.07, 6.45) is 1.39. The van der Waals surface area contributed by atoms with Gasteiger partial charge >= 0.3 is 6.03 Å². The molecule has 0 atom stereocenters. The number of amides is 4. The molecule has 1 aliphatic rings. The van der Waals surface area contributed by atoms with Crippen molar-refractivity contribution in [3.8, 4) is 11.5 Å². The summed E-state index contributed by atoms with van der Waals surface area (Å²) in [6.45, 7) is 0.295. The molecule has 0 radical (unpaired) electrons. The van der Waals surface area contributed by atoms with Crippen molar-refractivity contribution in [2.75, 3.05) is 4.90 Å². The predicted octanol–water partition coefficient (Wildman–Crippen LogP) is 4.29. The normalized spacial score (nSPS) is 15.1. The minimum Gasteiger partial charge on any atom is -0.508 e. The summed E-state index contributed by atoms with van der Waals surface area (Å²) in [5.41, 5.74) is 1.46. The number of urea groups is 1. The lowest BCUT2D eigenvalue weighted by Gasteiger charge is -2.26. The Morgan fingerprint density at radius 3 is 2.47 bits per heavy atom. The first-order chi connectivity index (χ1) is 15.4. The van der Waals surface area contributed by atoms with Gasteiger partial charge in [0.25, 0.3) is 11.8 Å². The second kappa shape index (κ2) is 8.95. The Morgan fingerprint density at radius 1 is 0.969 bits per heavy atom. The molecule has 0 aromatic heterocycles. The molecule has 0 unspecified atom stereocenters. The highest BCUT2D eigenvalue weighted by Gasteiger charge is 2.36. The molecule has 4 rings (SSSR count). The fraction of sp³-hybridized carbons (Fsp3) is 0.0417. The highest BCUT2D eigenvalue weighted by molar-refractivity contribution is 6.39. The number of benzene rings is 3. The van der Waals surface area contributed by atoms with E-state index in [1.807, 2.05) is 12.1 Å². The molecule has 1 fully saturated rings. The van der Waals surface area contributed by atoms with Crippen molar-refractivity contribution < 1.29 is 24.2 Å². The molecule has 1 saturated heterocycles. The van der Waals surface area contributed by atoms with Gasteiger partial charge < -0.3 is 9.84 Å². The molecular weight excluding hydrogens is 432 g/mol. The van der Waals surface area contributed by atoms with Crippen molar-refractivity contribution in [3.05, 3.63) is 94.5 Å². The molecule has 0 spiro atoms. The number of nitrogens with zero attached hydrogens (tertiary/aromatic N) is 1. The van der Waals surface area contributed by atoms with Crippen LogP contribution < -0.4 is 15.0 Å². The molecule has 0 aliphatic carbocycles. The second-order valence-corrected chi connectivity index (χ2v) is 7.40. The van der Waals surface area contributed by atoms with E-state index in [0.29, 0.717) is 22.9 Å². The zero-order valence-electron chi connectivity index (χ0n) is 16.6. The van der Waals surface area contributed by atoms with Crippen molar-refractivity contribution >= 4 is 41.2 Å². The van der Waals surface area contributed by atoms with Crippen molar-refractivity contribution in [2.24, 2.45) is 0 Å². The topological polar surface area (TPSA) is 95.9 Å². The summed E-state index contributed by atoms with van der Waals surface area (Å²) < 4.78 is 5.79. The van der Waals surface area contributed by atoms with Crippen LogP contribution in [0.1, 0.15) is 11.1 Å². The predicted molar refractivity (Wildman–Crippen MR) is 119 cm³/mol. The van der Waals surface area contributed by atoms with Gasteiger partial charge in [-0.1, -0.05) is 35.9 Å². The molecule has 1 aliphatic heterocycles. The van der Waals surface area contributed by atoms with Crippen LogP contribution in [0.4, 0.5) is 10.5 Å². The van der Waals surface area contributed by atoms with Crippen molar-refractivity contribution in [1.29, 1.82) is 0 Å². The van der Waals surface area contributed by atoms with E-state index in [4.69, 9.17) is 16.3 Å².